The van der Waals surface area contributed by atoms with E-state index in [4.69, 9.17) is 4.74 Å². The number of carbonyl (C=O) groups is 1. The molecule has 1 rings (SSSR count). The topological polar surface area (TPSA) is 49.8 Å². The van der Waals surface area contributed by atoms with Gasteiger partial charge in [0.05, 0.1) is 0 Å². The van der Waals surface area contributed by atoms with E-state index in [-0.39, 0.29) is 0 Å². The quantitative estimate of drug-likeness (QED) is 0.823. The zero-order chi connectivity index (χ0) is 14.5. The largest absolute Gasteiger partial charge is 0.492 e. The molecule has 0 saturated carbocycles. The molecule has 1 aromatic carbocycles. The Labute approximate surface area is 115 Å². The lowest BCUT2D eigenvalue weighted by atomic mass is 10.0. The van der Waals surface area contributed by atoms with Crippen LogP contribution < -0.4 is 4.74 Å². The number of likely N-dealkylation sites (N-methyl/N-ethyl adjacent to an activating group) is 1. The van der Waals surface area contributed by atoms with Gasteiger partial charge in [-0.2, -0.15) is 0 Å². The van der Waals surface area contributed by atoms with Crippen LogP contribution in [0.3, 0.4) is 0 Å². The van der Waals surface area contributed by atoms with Gasteiger partial charge < -0.3 is 9.84 Å². The molecule has 0 saturated heterocycles. The second-order valence-corrected chi connectivity index (χ2v) is 5.11. The van der Waals surface area contributed by atoms with Crippen LogP contribution in [0.2, 0.25) is 0 Å². The number of carboxylic acid groups (broad SMARTS) is 1. The third kappa shape index (κ3) is 4.24. The summed E-state index contributed by atoms with van der Waals surface area (Å²) in [5, 5.41) is 9.21. The van der Waals surface area contributed by atoms with Gasteiger partial charge in [0, 0.05) is 6.54 Å². The average Bonchev–Trinajstić information content (AvgIpc) is 2.34. The maximum Gasteiger partial charge on any atom is 0.323 e. The Morgan fingerprint density at radius 3 is 2.63 bits per heavy atom. The molecule has 0 unspecified atom stereocenters. The van der Waals surface area contributed by atoms with Crippen LogP contribution in [0.5, 0.6) is 5.75 Å². The maximum absolute atomic E-state index is 11.2. The third-order valence-electron chi connectivity index (χ3n) is 3.32. The van der Waals surface area contributed by atoms with E-state index in [9.17, 15) is 9.90 Å². The molecule has 0 radical (unpaired) electrons. The lowest BCUT2D eigenvalue weighted by molar-refractivity contribution is -0.149. The fourth-order valence-electron chi connectivity index (χ4n) is 1.95. The molecule has 0 aliphatic heterocycles. The molecular weight excluding hydrogens is 242 g/mol. The van der Waals surface area contributed by atoms with Crippen molar-refractivity contribution in [3.05, 3.63) is 29.8 Å². The van der Waals surface area contributed by atoms with Crippen molar-refractivity contribution < 1.29 is 14.6 Å². The van der Waals surface area contributed by atoms with E-state index >= 15 is 0 Å². The molecule has 0 aliphatic carbocycles. The highest BCUT2D eigenvalue weighted by Crippen LogP contribution is 2.15. The van der Waals surface area contributed by atoms with Crippen LogP contribution in [0.15, 0.2) is 24.3 Å². The van der Waals surface area contributed by atoms with Crippen LogP contribution >= 0.6 is 0 Å². The predicted octanol–water partition coefficient (Wildman–Crippen LogP) is 2.56. The van der Waals surface area contributed by atoms with Gasteiger partial charge in [-0.05, 0) is 45.0 Å². The summed E-state index contributed by atoms with van der Waals surface area (Å²) in [4.78, 5) is 13.1. The number of ether oxygens (including phenoxy) is 1. The van der Waals surface area contributed by atoms with Gasteiger partial charge in [0.25, 0.3) is 0 Å². The Hall–Kier alpha value is -1.55. The van der Waals surface area contributed by atoms with Gasteiger partial charge in [-0.25, -0.2) is 0 Å². The molecule has 0 fully saturated rings. The summed E-state index contributed by atoms with van der Waals surface area (Å²) >= 11 is 0. The standard InChI is InChI=1S/C15H23NO3/c1-5-16(15(3,4)14(17)18)9-10-19-13-8-6-7-12(2)11-13/h6-8,11H,5,9-10H2,1-4H3,(H,17,18). The molecule has 19 heavy (non-hydrogen) atoms. The Morgan fingerprint density at radius 2 is 2.11 bits per heavy atom. The van der Waals surface area contributed by atoms with Gasteiger partial charge in [0.15, 0.2) is 0 Å². The van der Waals surface area contributed by atoms with E-state index in [0.717, 1.165) is 11.3 Å². The van der Waals surface area contributed by atoms with Crippen molar-refractivity contribution in [2.24, 2.45) is 0 Å². The molecular formula is C15H23NO3. The number of aliphatic carboxylic acids is 1. The number of hydrogen-bond donors (Lipinski definition) is 1. The number of nitrogens with zero attached hydrogens (tertiary/aromatic N) is 1. The highest BCUT2D eigenvalue weighted by Gasteiger charge is 2.33. The summed E-state index contributed by atoms with van der Waals surface area (Å²) in [6.45, 7) is 9.14. The molecule has 4 nitrogen and oxygen atoms in total. The molecule has 1 aromatic rings. The van der Waals surface area contributed by atoms with Crippen LogP contribution in [-0.2, 0) is 4.79 Å². The monoisotopic (exact) mass is 265 g/mol. The summed E-state index contributed by atoms with van der Waals surface area (Å²) in [5.41, 5.74) is 0.278. The summed E-state index contributed by atoms with van der Waals surface area (Å²) in [6, 6.07) is 7.84. The van der Waals surface area contributed by atoms with Gasteiger partial charge >= 0.3 is 5.97 Å². The normalized spacial score (nSPS) is 11.6. The van der Waals surface area contributed by atoms with Gasteiger partial charge in [0.1, 0.15) is 17.9 Å². The summed E-state index contributed by atoms with van der Waals surface area (Å²) in [5.74, 6) is 0.00842. The highest BCUT2D eigenvalue weighted by atomic mass is 16.5. The molecule has 0 amide bonds. The van der Waals surface area contributed by atoms with Crippen LogP contribution in [0, 0.1) is 6.92 Å². The Bertz CT molecular complexity index is 429. The molecule has 0 aliphatic rings. The van der Waals surface area contributed by atoms with Gasteiger partial charge in [0.2, 0.25) is 0 Å². The number of aryl methyl sites for hydroxylation is 1. The van der Waals surface area contributed by atoms with Crippen molar-refractivity contribution in [3.8, 4) is 5.75 Å². The summed E-state index contributed by atoms with van der Waals surface area (Å²) < 4.78 is 5.66. The van der Waals surface area contributed by atoms with Crippen molar-refractivity contribution in [2.75, 3.05) is 19.7 Å². The smallest absolute Gasteiger partial charge is 0.323 e. The number of carboxylic acids is 1. The van der Waals surface area contributed by atoms with E-state index in [1.54, 1.807) is 13.8 Å². The molecule has 0 bridgehead atoms. The van der Waals surface area contributed by atoms with Crippen molar-refractivity contribution in [2.45, 2.75) is 33.2 Å². The SMILES string of the molecule is CCN(CCOc1cccc(C)c1)C(C)(C)C(=O)O. The van der Waals surface area contributed by atoms with E-state index in [1.807, 2.05) is 43.0 Å². The Kier molecular flexibility index (Phi) is 5.36. The maximum atomic E-state index is 11.2. The Morgan fingerprint density at radius 1 is 1.42 bits per heavy atom. The molecule has 0 atom stereocenters. The minimum absolute atomic E-state index is 0.480. The van der Waals surface area contributed by atoms with Crippen molar-refractivity contribution in [1.29, 1.82) is 0 Å². The zero-order valence-corrected chi connectivity index (χ0v) is 12.1. The first-order valence-corrected chi connectivity index (χ1v) is 6.56. The molecule has 106 valence electrons. The predicted molar refractivity (Wildman–Crippen MR) is 75.6 cm³/mol. The van der Waals surface area contributed by atoms with Gasteiger partial charge in [-0.15, -0.1) is 0 Å². The lowest BCUT2D eigenvalue weighted by Gasteiger charge is -2.33. The van der Waals surface area contributed by atoms with E-state index in [0.29, 0.717) is 19.7 Å². The molecule has 1 N–H and O–H groups in total. The number of rotatable bonds is 7. The van der Waals surface area contributed by atoms with E-state index in [1.165, 1.54) is 0 Å². The first-order valence-electron chi connectivity index (χ1n) is 6.56. The van der Waals surface area contributed by atoms with Crippen molar-refractivity contribution >= 4 is 5.97 Å². The fourth-order valence-corrected chi connectivity index (χ4v) is 1.95. The van der Waals surface area contributed by atoms with Crippen LogP contribution in [0.4, 0.5) is 0 Å². The molecule has 0 spiro atoms. The van der Waals surface area contributed by atoms with Crippen molar-refractivity contribution in [1.82, 2.24) is 4.90 Å². The number of benzene rings is 1. The second kappa shape index (κ2) is 6.57. The van der Waals surface area contributed by atoms with Crippen LogP contribution in [-0.4, -0.2) is 41.2 Å². The van der Waals surface area contributed by atoms with Crippen LogP contribution in [0.1, 0.15) is 26.3 Å². The van der Waals surface area contributed by atoms with E-state index in [2.05, 4.69) is 0 Å². The first-order chi connectivity index (χ1) is 8.87. The lowest BCUT2D eigenvalue weighted by Crippen LogP contribution is -2.51. The molecule has 4 heteroatoms. The van der Waals surface area contributed by atoms with Gasteiger partial charge in [-0.3, -0.25) is 9.69 Å². The highest BCUT2D eigenvalue weighted by molar-refractivity contribution is 5.77. The minimum atomic E-state index is -0.870. The number of hydrogen-bond acceptors (Lipinski definition) is 3. The molecule has 0 aromatic heterocycles. The molecule has 0 heterocycles. The first kappa shape index (κ1) is 15.5. The Balaban J connectivity index is 2.53. The van der Waals surface area contributed by atoms with Crippen molar-refractivity contribution in [3.63, 3.8) is 0 Å². The van der Waals surface area contributed by atoms with Gasteiger partial charge in [-0.1, -0.05) is 19.1 Å². The summed E-state index contributed by atoms with van der Waals surface area (Å²) in [6.07, 6.45) is 0. The summed E-state index contributed by atoms with van der Waals surface area (Å²) in [7, 11) is 0. The van der Waals surface area contributed by atoms with E-state index < -0.39 is 11.5 Å². The second-order valence-electron chi connectivity index (χ2n) is 5.11. The third-order valence-corrected chi connectivity index (χ3v) is 3.32. The minimum Gasteiger partial charge on any atom is -0.492 e. The fraction of sp³-hybridized carbons (Fsp3) is 0.533. The average molecular weight is 265 g/mol. The van der Waals surface area contributed by atoms with Crippen LogP contribution in [0.25, 0.3) is 0 Å². The zero-order valence-electron chi connectivity index (χ0n) is 12.1.